The summed E-state index contributed by atoms with van der Waals surface area (Å²) in [5.74, 6) is -1.30. The van der Waals surface area contributed by atoms with E-state index >= 15 is 0 Å². The molecule has 19 heavy (non-hydrogen) atoms. The number of hydrogen-bond donors (Lipinski definition) is 1. The van der Waals surface area contributed by atoms with Crippen molar-refractivity contribution in [2.24, 2.45) is 0 Å². The number of ether oxygens (including phenoxy) is 1. The first-order chi connectivity index (χ1) is 9.10. The summed E-state index contributed by atoms with van der Waals surface area (Å²) in [7, 11) is 0. The molecular weight excluding hydrogens is 244 g/mol. The Bertz CT molecular complexity index is 440. The standard InChI is InChI=1S/C15H20O4/c1-3-5-10-13(19-14(16)4-2)11-8-6-7-9-12(11)15(17)18/h6-9,13H,3-5,10H2,1-2H3,(H,17,18)/t13-/m1/s1. The predicted molar refractivity (Wildman–Crippen MR) is 72.1 cm³/mol. The zero-order valence-electron chi connectivity index (χ0n) is 11.4. The van der Waals surface area contributed by atoms with Crippen LogP contribution in [0.15, 0.2) is 24.3 Å². The lowest BCUT2D eigenvalue weighted by atomic mass is 9.98. The third kappa shape index (κ3) is 4.39. The van der Waals surface area contributed by atoms with E-state index in [9.17, 15) is 14.7 Å². The second-order valence-corrected chi connectivity index (χ2v) is 4.37. The van der Waals surface area contributed by atoms with Crippen LogP contribution in [-0.2, 0) is 9.53 Å². The van der Waals surface area contributed by atoms with Gasteiger partial charge in [0.1, 0.15) is 6.10 Å². The zero-order valence-corrected chi connectivity index (χ0v) is 11.4. The van der Waals surface area contributed by atoms with E-state index in [0.29, 0.717) is 12.0 Å². The van der Waals surface area contributed by atoms with Crippen LogP contribution in [0.1, 0.15) is 61.6 Å². The van der Waals surface area contributed by atoms with Gasteiger partial charge >= 0.3 is 11.9 Å². The number of carboxylic acids is 1. The maximum absolute atomic E-state index is 11.5. The molecule has 104 valence electrons. The van der Waals surface area contributed by atoms with Gasteiger partial charge in [0, 0.05) is 12.0 Å². The minimum atomic E-state index is -0.996. The van der Waals surface area contributed by atoms with Crippen molar-refractivity contribution in [3.63, 3.8) is 0 Å². The van der Waals surface area contributed by atoms with Gasteiger partial charge in [-0.25, -0.2) is 4.79 Å². The van der Waals surface area contributed by atoms with Crippen LogP contribution in [0.3, 0.4) is 0 Å². The number of aromatic carboxylic acids is 1. The summed E-state index contributed by atoms with van der Waals surface area (Å²) in [5, 5.41) is 9.19. The minimum Gasteiger partial charge on any atom is -0.478 e. The molecule has 0 aliphatic rings. The highest BCUT2D eigenvalue weighted by molar-refractivity contribution is 5.89. The van der Waals surface area contributed by atoms with Crippen molar-refractivity contribution in [1.29, 1.82) is 0 Å². The molecule has 0 amide bonds. The summed E-state index contributed by atoms with van der Waals surface area (Å²) in [5.41, 5.74) is 0.776. The lowest BCUT2D eigenvalue weighted by molar-refractivity contribution is -0.149. The number of benzene rings is 1. The molecule has 0 saturated heterocycles. The summed E-state index contributed by atoms with van der Waals surface area (Å²) in [4.78, 5) is 22.7. The van der Waals surface area contributed by atoms with Gasteiger partial charge in [-0.1, -0.05) is 38.5 Å². The molecule has 1 aromatic carbocycles. The SMILES string of the molecule is CCCC[C@@H](OC(=O)CC)c1ccccc1C(=O)O. The van der Waals surface area contributed by atoms with Gasteiger partial charge in [0.15, 0.2) is 0 Å². The first-order valence-corrected chi connectivity index (χ1v) is 6.61. The van der Waals surface area contributed by atoms with Crippen molar-refractivity contribution in [3.05, 3.63) is 35.4 Å². The molecular formula is C15H20O4. The van der Waals surface area contributed by atoms with Gasteiger partial charge in [0.05, 0.1) is 5.56 Å². The van der Waals surface area contributed by atoms with E-state index < -0.39 is 12.1 Å². The molecule has 0 heterocycles. The van der Waals surface area contributed by atoms with Crippen LogP contribution in [0.2, 0.25) is 0 Å². The monoisotopic (exact) mass is 264 g/mol. The average Bonchev–Trinajstić information content (AvgIpc) is 2.43. The Morgan fingerprint density at radius 2 is 1.95 bits per heavy atom. The lowest BCUT2D eigenvalue weighted by Gasteiger charge is -2.19. The van der Waals surface area contributed by atoms with Crippen LogP contribution in [0.4, 0.5) is 0 Å². The second kappa shape index (κ2) is 7.56. The Morgan fingerprint density at radius 1 is 1.26 bits per heavy atom. The number of carbonyl (C=O) groups is 2. The molecule has 1 rings (SSSR count). The number of rotatable bonds is 7. The van der Waals surface area contributed by atoms with Crippen molar-refractivity contribution >= 4 is 11.9 Å². The van der Waals surface area contributed by atoms with Crippen LogP contribution in [0, 0.1) is 0 Å². The molecule has 0 bridgehead atoms. The number of esters is 1. The topological polar surface area (TPSA) is 63.6 Å². The highest BCUT2D eigenvalue weighted by Gasteiger charge is 2.21. The molecule has 0 aliphatic carbocycles. The van der Waals surface area contributed by atoms with Crippen molar-refractivity contribution in [1.82, 2.24) is 0 Å². The summed E-state index contributed by atoms with van der Waals surface area (Å²) >= 11 is 0. The van der Waals surface area contributed by atoms with Gasteiger partial charge in [0.2, 0.25) is 0 Å². The van der Waals surface area contributed by atoms with Crippen molar-refractivity contribution < 1.29 is 19.4 Å². The van der Waals surface area contributed by atoms with Crippen LogP contribution in [0.5, 0.6) is 0 Å². The number of carboxylic acid groups (broad SMARTS) is 1. The average molecular weight is 264 g/mol. The van der Waals surface area contributed by atoms with Gasteiger partial charge in [-0.15, -0.1) is 0 Å². The Labute approximate surface area is 113 Å². The van der Waals surface area contributed by atoms with E-state index in [1.165, 1.54) is 6.07 Å². The molecule has 0 radical (unpaired) electrons. The van der Waals surface area contributed by atoms with E-state index in [1.54, 1.807) is 25.1 Å². The summed E-state index contributed by atoms with van der Waals surface area (Å²) in [6.07, 6.45) is 2.31. The van der Waals surface area contributed by atoms with Gasteiger partial charge < -0.3 is 9.84 Å². The summed E-state index contributed by atoms with van der Waals surface area (Å²) in [6, 6.07) is 6.69. The van der Waals surface area contributed by atoms with E-state index in [1.807, 2.05) is 6.92 Å². The normalized spacial score (nSPS) is 11.9. The summed E-state index contributed by atoms with van der Waals surface area (Å²) in [6.45, 7) is 3.77. The zero-order chi connectivity index (χ0) is 14.3. The number of carbonyl (C=O) groups excluding carboxylic acids is 1. The van der Waals surface area contributed by atoms with Crippen LogP contribution < -0.4 is 0 Å². The maximum atomic E-state index is 11.5. The molecule has 1 N–H and O–H groups in total. The van der Waals surface area contributed by atoms with Gasteiger partial charge in [-0.05, 0) is 18.9 Å². The molecule has 0 spiro atoms. The molecule has 0 fully saturated rings. The fourth-order valence-corrected chi connectivity index (χ4v) is 1.88. The second-order valence-electron chi connectivity index (χ2n) is 4.37. The Morgan fingerprint density at radius 3 is 2.53 bits per heavy atom. The predicted octanol–water partition coefficient (Wildman–Crippen LogP) is 3.57. The van der Waals surface area contributed by atoms with E-state index in [-0.39, 0.29) is 18.0 Å². The molecule has 1 aromatic rings. The fraction of sp³-hybridized carbons (Fsp3) is 0.467. The highest BCUT2D eigenvalue weighted by Crippen LogP contribution is 2.27. The fourth-order valence-electron chi connectivity index (χ4n) is 1.88. The third-order valence-electron chi connectivity index (χ3n) is 2.92. The van der Waals surface area contributed by atoms with Crippen LogP contribution >= 0.6 is 0 Å². The lowest BCUT2D eigenvalue weighted by Crippen LogP contribution is -2.14. The van der Waals surface area contributed by atoms with Crippen molar-refractivity contribution in [3.8, 4) is 0 Å². The molecule has 0 aliphatic heterocycles. The Balaban J connectivity index is 3.02. The van der Waals surface area contributed by atoms with E-state index in [4.69, 9.17) is 4.74 Å². The number of unbranched alkanes of at least 4 members (excludes halogenated alkanes) is 1. The third-order valence-corrected chi connectivity index (χ3v) is 2.92. The summed E-state index contributed by atoms with van der Waals surface area (Å²) < 4.78 is 5.38. The number of hydrogen-bond acceptors (Lipinski definition) is 3. The first-order valence-electron chi connectivity index (χ1n) is 6.61. The highest BCUT2D eigenvalue weighted by atomic mass is 16.5. The van der Waals surface area contributed by atoms with Gasteiger partial charge in [-0.2, -0.15) is 0 Å². The molecule has 4 heteroatoms. The van der Waals surface area contributed by atoms with Crippen LogP contribution in [-0.4, -0.2) is 17.0 Å². The quantitative estimate of drug-likeness (QED) is 0.765. The molecule has 0 aromatic heterocycles. The Kier molecular flexibility index (Phi) is 6.06. The van der Waals surface area contributed by atoms with Gasteiger partial charge in [-0.3, -0.25) is 4.79 Å². The molecule has 1 atom stereocenters. The molecule has 4 nitrogen and oxygen atoms in total. The minimum absolute atomic E-state index is 0.201. The first kappa shape index (κ1) is 15.2. The van der Waals surface area contributed by atoms with E-state index in [0.717, 1.165) is 12.8 Å². The smallest absolute Gasteiger partial charge is 0.336 e. The Hall–Kier alpha value is -1.84. The van der Waals surface area contributed by atoms with Crippen LogP contribution in [0.25, 0.3) is 0 Å². The molecule has 0 unspecified atom stereocenters. The van der Waals surface area contributed by atoms with Gasteiger partial charge in [0.25, 0.3) is 0 Å². The van der Waals surface area contributed by atoms with Crippen molar-refractivity contribution in [2.75, 3.05) is 0 Å². The van der Waals surface area contributed by atoms with Crippen molar-refractivity contribution in [2.45, 2.75) is 45.6 Å². The van der Waals surface area contributed by atoms with E-state index in [2.05, 4.69) is 0 Å². The molecule has 0 saturated carbocycles. The maximum Gasteiger partial charge on any atom is 0.336 e. The largest absolute Gasteiger partial charge is 0.478 e.